The average molecular weight is 378 g/mol. The van der Waals surface area contributed by atoms with Crippen molar-refractivity contribution < 1.29 is 18.9 Å². The van der Waals surface area contributed by atoms with Crippen molar-refractivity contribution in [1.82, 2.24) is 15.5 Å². The average Bonchev–Trinajstić information content (AvgIpc) is 3.20. The highest BCUT2D eigenvalue weighted by atomic mass is 19.1. The predicted octanol–water partition coefficient (Wildman–Crippen LogP) is 1.45. The molecule has 8 nitrogen and oxygen atoms in total. The van der Waals surface area contributed by atoms with Crippen molar-refractivity contribution in [2.75, 3.05) is 26.2 Å². The van der Waals surface area contributed by atoms with Crippen molar-refractivity contribution in [3.63, 3.8) is 0 Å². The van der Waals surface area contributed by atoms with Crippen molar-refractivity contribution in [3.05, 3.63) is 39.7 Å². The van der Waals surface area contributed by atoms with Crippen LogP contribution in [0.25, 0.3) is 0 Å². The predicted molar refractivity (Wildman–Crippen MR) is 95.7 cm³/mol. The quantitative estimate of drug-likeness (QED) is 0.596. The number of non-ortho nitro benzene ring substituents is 1. The Balaban J connectivity index is 1.57. The number of nitrogens with one attached hydrogen (secondary N) is 2. The normalized spacial score (nSPS) is 22.5. The van der Waals surface area contributed by atoms with Crippen LogP contribution in [0.3, 0.4) is 0 Å². The highest BCUT2D eigenvalue weighted by molar-refractivity contribution is 5.94. The van der Waals surface area contributed by atoms with Crippen LogP contribution < -0.4 is 10.6 Å². The molecule has 0 saturated carbocycles. The van der Waals surface area contributed by atoms with E-state index in [0.29, 0.717) is 19.6 Å². The van der Waals surface area contributed by atoms with E-state index < -0.39 is 16.6 Å². The number of rotatable bonds is 5. The molecule has 2 unspecified atom stereocenters. The van der Waals surface area contributed by atoms with E-state index in [9.17, 15) is 24.1 Å². The molecule has 0 radical (unpaired) electrons. The van der Waals surface area contributed by atoms with Gasteiger partial charge in [-0.25, -0.2) is 4.39 Å². The summed E-state index contributed by atoms with van der Waals surface area (Å²) < 4.78 is 14.1. The molecule has 2 saturated heterocycles. The van der Waals surface area contributed by atoms with Crippen LogP contribution in [-0.2, 0) is 4.79 Å². The van der Waals surface area contributed by atoms with E-state index in [1.54, 1.807) is 4.90 Å². The third-order valence-corrected chi connectivity index (χ3v) is 5.14. The maximum absolute atomic E-state index is 14.1. The van der Waals surface area contributed by atoms with Crippen LogP contribution in [0.15, 0.2) is 18.2 Å². The first-order valence-corrected chi connectivity index (χ1v) is 9.20. The number of benzene rings is 1. The largest absolute Gasteiger partial charge is 0.354 e. The fourth-order valence-corrected chi connectivity index (χ4v) is 3.65. The van der Waals surface area contributed by atoms with Gasteiger partial charge in [0.2, 0.25) is 5.91 Å². The molecule has 2 heterocycles. The zero-order valence-electron chi connectivity index (χ0n) is 14.9. The Bertz CT molecular complexity index is 736. The summed E-state index contributed by atoms with van der Waals surface area (Å²) in [5, 5.41) is 16.8. The number of carbonyl (C=O) groups excluding carboxylic acids is 2. The molecular formula is C18H23FN4O4. The summed E-state index contributed by atoms with van der Waals surface area (Å²) in [7, 11) is 0. The van der Waals surface area contributed by atoms with Crippen LogP contribution in [0, 0.1) is 21.8 Å². The SMILES string of the molecule is O=C(NCC1CCCN(C(=O)c2ccc([N+](=O)[O-])cc2F)C1)C1CCCN1. The Morgan fingerprint density at radius 2 is 2.15 bits per heavy atom. The number of carbonyl (C=O) groups is 2. The summed E-state index contributed by atoms with van der Waals surface area (Å²) in [5.41, 5.74) is -0.552. The van der Waals surface area contributed by atoms with Gasteiger partial charge in [0, 0.05) is 25.7 Å². The Kier molecular flexibility index (Phi) is 6.00. The maximum atomic E-state index is 14.1. The summed E-state index contributed by atoms with van der Waals surface area (Å²) in [6.07, 6.45) is 3.47. The van der Waals surface area contributed by atoms with Crippen molar-refractivity contribution in [2.45, 2.75) is 31.7 Å². The molecule has 1 aromatic rings. The lowest BCUT2D eigenvalue weighted by Crippen LogP contribution is -2.46. The van der Waals surface area contributed by atoms with Crippen molar-refractivity contribution >= 4 is 17.5 Å². The molecule has 0 bridgehead atoms. The van der Waals surface area contributed by atoms with Gasteiger partial charge in [-0.2, -0.15) is 0 Å². The molecule has 1 aromatic carbocycles. The third kappa shape index (κ3) is 4.60. The number of nitrogens with zero attached hydrogens (tertiary/aromatic N) is 2. The maximum Gasteiger partial charge on any atom is 0.272 e. The Hall–Kier alpha value is -2.55. The van der Waals surface area contributed by atoms with Crippen LogP contribution in [0.4, 0.5) is 10.1 Å². The van der Waals surface area contributed by atoms with Gasteiger partial charge in [-0.15, -0.1) is 0 Å². The number of nitro benzene ring substituents is 1. The van der Waals surface area contributed by atoms with Gasteiger partial charge >= 0.3 is 0 Å². The van der Waals surface area contributed by atoms with Gasteiger partial charge in [-0.05, 0) is 44.2 Å². The molecule has 9 heteroatoms. The topological polar surface area (TPSA) is 105 Å². The van der Waals surface area contributed by atoms with Gasteiger partial charge in [0.25, 0.3) is 11.6 Å². The monoisotopic (exact) mass is 378 g/mol. The minimum Gasteiger partial charge on any atom is -0.354 e. The highest BCUT2D eigenvalue weighted by Gasteiger charge is 2.28. The van der Waals surface area contributed by atoms with Gasteiger partial charge in [0.05, 0.1) is 22.6 Å². The molecule has 2 aliphatic heterocycles. The Labute approximate surface area is 156 Å². The number of amides is 2. The lowest BCUT2D eigenvalue weighted by molar-refractivity contribution is -0.385. The lowest BCUT2D eigenvalue weighted by atomic mass is 9.97. The number of hydrogen-bond donors (Lipinski definition) is 2. The number of halogens is 1. The molecule has 2 fully saturated rings. The van der Waals surface area contributed by atoms with Gasteiger partial charge in [-0.1, -0.05) is 0 Å². The molecular weight excluding hydrogens is 355 g/mol. The first-order chi connectivity index (χ1) is 13.0. The van der Waals surface area contributed by atoms with Crippen LogP contribution >= 0.6 is 0 Å². The number of likely N-dealkylation sites (tertiary alicyclic amines) is 1. The smallest absolute Gasteiger partial charge is 0.272 e. The summed E-state index contributed by atoms with van der Waals surface area (Å²) in [5.74, 6) is -1.28. The molecule has 0 spiro atoms. The van der Waals surface area contributed by atoms with E-state index in [0.717, 1.165) is 50.4 Å². The second kappa shape index (κ2) is 8.43. The molecule has 2 amide bonds. The molecule has 2 N–H and O–H groups in total. The van der Waals surface area contributed by atoms with E-state index in [2.05, 4.69) is 10.6 Å². The second-order valence-corrected chi connectivity index (χ2v) is 7.07. The molecule has 0 aliphatic carbocycles. The van der Waals surface area contributed by atoms with E-state index >= 15 is 0 Å². The van der Waals surface area contributed by atoms with E-state index in [-0.39, 0.29) is 29.1 Å². The summed E-state index contributed by atoms with van der Waals surface area (Å²) in [4.78, 5) is 36.3. The third-order valence-electron chi connectivity index (χ3n) is 5.14. The van der Waals surface area contributed by atoms with Crippen molar-refractivity contribution in [3.8, 4) is 0 Å². The Morgan fingerprint density at radius 3 is 2.81 bits per heavy atom. The Morgan fingerprint density at radius 1 is 1.33 bits per heavy atom. The highest BCUT2D eigenvalue weighted by Crippen LogP contribution is 2.22. The number of piperidine rings is 1. The zero-order valence-corrected chi connectivity index (χ0v) is 14.9. The molecule has 3 rings (SSSR count). The summed E-state index contributed by atoms with van der Waals surface area (Å²) in [6, 6.07) is 2.92. The number of hydrogen-bond acceptors (Lipinski definition) is 5. The van der Waals surface area contributed by atoms with E-state index in [1.165, 1.54) is 0 Å². The zero-order chi connectivity index (χ0) is 19.4. The fourth-order valence-electron chi connectivity index (χ4n) is 3.65. The minimum atomic E-state index is -0.892. The summed E-state index contributed by atoms with van der Waals surface area (Å²) in [6.45, 7) is 2.26. The van der Waals surface area contributed by atoms with Crippen LogP contribution in [0.5, 0.6) is 0 Å². The van der Waals surface area contributed by atoms with Crippen LogP contribution in [-0.4, -0.2) is 53.9 Å². The van der Waals surface area contributed by atoms with Gasteiger partial charge < -0.3 is 15.5 Å². The summed E-state index contributed by atoms with van der Waals surface area (Å²) >= 11 is 0. The van der Waals surface area contributed by atoms with Crippen LogP contribution in [0.1, 0.15) is 36.0 Å². The minimum absolute atomic E-state index is 0.0163. The van der Waals surface area contributed by atoms with Gasteiger partial charge in [0.15, 0.2) is 0 Å². The second-order valence-electron chi connectivity index (χ2n) is 7.07. The van der Waals surface area contributed by atoms with E-state index in [4.69, 9.17) is 0 Å². The molecule has 146 valence electrons. The van der Waals surface area contributed by atoms with Crippen LogP contribution in [0.2, 0.25) is 0 Å². The van der Waals surface area contributed by atoms with Crippen molar-refractivity contribution in [1.29, 1.82) is 0 Å². The fraction of sp³-hybridized carbons (Fsp3) is 0.556. The van der Waals surface area contributed by atoms with Gasteiger partial charge in [0.1, 0.15) is 5.82 Å². The lowest BCUT2D eigenvalue weighted by Gasteiger charge is -2.33. The first kappa shape index (κ1) is 19.2. The molecule has 2 aliphatic rings. The molecule has 27 heavy (non-hydrogen) atoms. The molecule has 2 atom stereocenters. The van der Waals surface area contributed by atoms with E-state index in [1.807, 2.05) is 0 Å². The first-order valence-electron chi connectivity index (χ1n) is 9.20. The van der Waals surface area contributed by atoms with Crippen molar-refractivity contribution in [2.24, 2.45) is 5.92 Å². The molecule has 0 aromatic heterocycles. The number of nitro groups is 1. The standard InChI is InChI=1S/C18H23FN4O4/c19-15-9-13(23(26)27)5-6-14(15)18(25)22-8-2-3-12(11-22)10-21-17(24)16-4-1-7-20-16/h5-6,9,12,16,20H,1-4,7-8,10-11H2,(H,21,24). The van der Waals surface area contributed by atoms with Gasteiger partial charge in [-0.3, -0.25) is 19.7 Å².